The van der Waals surface area contributed by atoms with Crippen molar-refractivity contribution in [3.63, 3.8) is 0 Å². The third kappa shape index (κ3) is 4.86. The number of fused-ring (bicyclic) bond motifs is 1. The van der Waals surface area contributed by atoms with Crippen molar-refractivity contribution in [2.24, 2.45) is 4.99 Å². The highest BCUT2D eigenvalue weighted by molar-refractivity contribution is 7.07. The van der Waals surface area contributed by atoms with E-state index in [9.17, 15) is 9.59 Å². The van der Waals surface area contributed by atoms with E-state index in [1.54, 1.807) is 31.6 Å². The zero-order chi connectivity index (χ0) is 26.1. The Hall–Kier alpha value is -3.63. The molecule has 37 heavy (non-hydrogen) atoms. The monoisotopic (exact) mass is 523 g/mol. The zero-order valence-corrected chi connectivity index (χ0v) is 22.3. The van der Waals surface area contributed by atoms with Gasteiger partial charge in [0.15, 0.2) is 10.7 Å². The summed E-state index contributed by atoms with van der Waals surface area (Å²) in [4.78, 5) is 35.7. The number of methoxy groups -OCH3 is 1. The second kappa shape index (κ2) is 10.4. The Balaban J connectivity index is 1.59. The number of hydrogen-bond acceptors (Lipinski definition) is 8. The quantitative estimate of drug-likeness (QED) is 0.480. The normalized spacial score (nSPS) is 18.5. The van der Waals surface area contributed by atoms with E-state index >= 15 is 0 Å². The van der Waals surface area contributed by atoms with Gasteiger partial charge < -0.3 is 23.7 Å². The lowest BCUT2D eigenvalue weighted by molar-refractivity contribution is -0.880. The third-order valence-corrected chi connectivity index (χ3v) is 7.72. The van der Waals surface area contributed by atoms with Crippen molar-refractivity contribution >= 4 is 29.3 Å². The van der Waals surface area contributed by atoms with Crippen LogP contribution in [0, 0.1) is 0 Å². The highest BCUT2D eigenvalue weighted by atomic mass is 32.1. The number of esters is 1. The summed E-state index contributed by atoms with van der Waals surface area (Å²) in [6, 6.07) is 10.5. The number of allylic oxidation sites excluding steroid dienone is 1. The van der Waals surface area contributed by atoms with Gasteiger partial charge in [-0.1, -0.05) is 23.5 Å². The van der Waals surface area contributed by atoms with Gasteiger partial charge in [0.2, 0.25) is 0 Å². The third-order valence-electron chi connectivity index (χ3n) is 6.74. The molecule has 0 radical (unpaired) electrons. The number of likely N-dealkylation sites (N-methyl/N-ethyl adjacent to an activating group) is 1. The first kappa shape index (κ1) is 25.0. The predicted octanol–water partition coefficient (Wildman–Crippen LogP) is 0.735. The molecule has 0 amide bonds. The van der Waals surface area contributed by atoms with Crippen LogP contribution in [0.2, 0.25) is 0 Å². The van der Waals surface area contributed by atoms with Crippen LogP contribution in [0.5, 0.6) is 5.75 Å². The second-order valence-corrected chi connectivity index (χ2v) is 10.2. The highest BCUT2D eigenvalue weighted by Crippen LogP contribution is 2.32. The number of thiazole rings is 1. The number of ether oxygens (including phenoxy) is 2. The Kier molecular flexibility index (Phi) is 7.03. The van der Waals surface area contributed by atoms with Gasteiger partial charge in [0, 0.05) is 12.1 Å². The molecular weight excluding hydrogens is 492 g/mol. The van der Waals surface area contributed by atoms with Crippen LogP contribution >= 0.6 is 11.3 Å². The van der Waals surface area contributed by atoms with Crippen molar-refractivity contribution in [3.05, 3.63) is 78.7 Å². The van der Waals surface area contributed by atoms with Gasteiger partial charge in [-0.05, 0) is 37.6 Å². The molecule has 5 rings (SSSR count). The number of carbonyl (C=O) groups is 1. The van der Waals surface area contributed by atoms with Crippen LogP contribution in [-0.2, 0) is 9.53 Å². The standard InChI is InChI=1S/C27H30N4O5S/c1-5-35-26(33)23-17(2)28-27-31(24(23)18-7-6-8-19(15-18)34-4)25(32)21(37-27)16-20-9-10-22(36-20)30-13-11-29(3)12-14-30/h6-10,15-16,24H,5,11-14H2,1-4H3/p+1/b21-16+/t24-/m0/s1. The van der Waals surface area contributed by atoms with Crippen molar-refractivity contribution in [2.75, 3.05) is 51.8 Å². The average molecular weight is 524 g/mol. The second-order valence-electron chi connectivity index (χ2n) is 9.20. The summed E-state index contributed by atoms with van der Waals surface area (Å²) in [5.41, 5.74) is 1.36. The van der Waals surface area contributed by atoms with E-state index in [0.29, 0.717) is 32.1 Å². The number of furan rings is 1. The molecule has 1 fully saturated rings. The van der Waals surface area contributed by atoms with Gasteiger partial charge in [0.1, 0.15) is 11.5 Å². The molecule has 2 aliphatic heterocycles. The molecule has 0 unspecified atom stereocenters. The topological polar surface area (TPSA) is 90.7 Å². The van der Waals surface area contributed by atoms with E-state index in [0.717, 1.165) is 37.6 Å². The Morgan fingerprint density at radius 2 is 2.05 bits per heavy atom. The van der Waals surface area contributed by atoms with Gasteiger partial charge in [0.25, 0.3) is 5.56 Å². The number of hydrogen-bond donors (Lipinski definition) is 1. The van der Waals surface area contributed by atoms with Crippen molar-refractivity contribution in [1.29, 1.82) is 0 Å². The first-order chi connectivity index (χ1) is 17.9. The zero-order valence-electron chi connectivity index (χ0n) is 21.4. The largest absolute Gasteiger partial charge is 0.497 e. The fourth-order valence-corrected chi connectivity index (χ4v) is 5.77. The molecule has 0 aliphatic carbocycles. The van der Waals surface area contributed by atoms with Crippen LogP contribution in [0.25, 0.3) is 6.08 Å². The molecule has 9 nitrogen and oxygen atoms in total. The molecule has 194 valence electrons. The van der Waals surface area contributed by atoms with Gasteiger partial charge in [-0.2, -0.15) is 0 Å². The maximum atomic E-state index is 13.8. The van der Waals surface area contributed by atoms with E-state index < -0.39 is 12.0 Å². The smallest absolute Gasteiger partial charge is 0.338 e. The van der Waals surface area contributed by atoms with E-state index in [-0.39, 0.29) is 12.2 Å². The van der Waals surface area contributed by atoms with Crippen LogP contribution in [0.4, 0.5) is 5.88 Å². The van der Waals surface area contributed by atoms with E-state index in [1.807, 2.05) is 36.4 Å². The van der Waals surface area contributed by atoms with Gasteiger partial charge in [-0.3, -0.25) is 9.36 Å². The summed E-state index contributed by atoms with van der Waals surface area (Å²) in [5.74, 6) is 1.55. The highest BCUT2D eigenvalue weighted by Gasteiger charge is 2.33. The molecule has 2 aromatic heterocycles. The van der Waals surface area contributed by atoms with Crippen LogP contribution in [0.3, 0.4) is 0 Å². The van der Waals surface area contributed by atoms with Crippen molar-refractivity contribution in [1.82, 2.24) is 4.57 Å². The molecule has 0 bridgehead atoms. The number of aromatic nitrogens is 1. The Labute approximate surface area is 218 Å². The lowest BCUT2D eigenvalue weighted by Crippen LogP contribution is -3.12. The molecule has 4 heterocycles. The minimum Gasteiger partial charge on any atom is -0.497 e. The predicted molar refractivity (Wildman–Crippen MR) is 141 cm³/mol. The summed E-state index contributed by atoms with van der Waals surface area (Å²) in [5, 5.41) is 0. The average Bonchev–Trinajstić information content (AvgIpc) is 3.48. The molecule has 0 spiro atoms. The first-order valence-electron chi connectivity index (χ1n) is 12.4. The SMILES string of the molecule is CCOC(=O)C1=C(C)N=c2s/c(=C/c3ccc(N4CC[NH+](C)CC4)o3)c(=O)n2[C@H]1c1cccc(OC)c1. The Morgan fingerprint density at radius 3 is 2.78 bits per heavy atom. The molecule has 1 N–H and O–H groups in total. The minimum absolute atomic E-state index is 0.223. The summed E-state index contributed by atoms with van der Waals surface area (Å²) in [6.45, 7) is 7.72. The maximum absolute atomic E-state index is 13.8. The number of carbonyl (C=O) groups excluding carboxylic acids is 1. The first-order valence-corrected chi connectivity index (χ1v) is 13.2. The molecule has 0 saturated carbocycles. The summed E-state index contributed by atoms with van der Waals surface area (Å²) < 4.78 is 18.9. The van der Waals surface area contributed by atoms with Crippen molar-refractivity contribution in [2.45, 2.75) is 19.9 Å². The number of anilines is 1. The van der Waals surface area contributed by atoms with Gasteiger partial charge in [0.05, 0.1) is 68.8 Å². The lowest BCUT2D eigenvalue weighted by atomic mass is 9.95. The molecule has 1 saturated heterocycles. The van der Waals surface area contributed by atoms with E-state index in [1.165, 1.54) is 16.2 Å². The van der Waals surface area contributed by atoms with Gasteiger partial charge in [-0.15, -0.1) is 0 Å². The van der Waals surface area contributed by atoms with Crippen LogP contribution in [-0.4, -0.2) is 57.5 Å². The number of quaternary nitrogens is 1. The van der Waals surface area contributed by atoms with E-state index in [2.05, 4.69) is 16.9 Å². The fourth-order valence-electron chi connectivity index (χ4n) is 4.75. The number of nitrogens with one attached hydrogen (secondary N) is 1. The summed E-state index contributed by atoms with van der Waals surface area (Å²) in [7, 11) is 3.78. The fraction of sp³-hybridized carbons (Fsp3) is 0.370. The minimum atomic E-state index is -0.687. The van der Waals surface area contributed by atoms with Crippen molar-refractivity contribution in [3.8, 4) is 5.75 Å². The van der Waals surface area contributed by atoms with Crippen LogP contribution in [0.1, 0.15) is 31.2 Å². The molecule has 2 aliphatic rings. The summed E-state index contributed by atoms with van der Waals surface area (Å²) in [6.07, 6.45) is 1.75. The summed E-state index contributed by atoms with van der Waals surface area (Å²) >= 11 is 1.27. The molecule has 1 atom stereocenters. The molecular formula is C27H31N4O5S+. The molecule has 10 heteroatoms. The van der Waals surface area contributed by atoms with Crippen LogP contribution in [0.15, 0.2) is 61.9 Å². The molecule has 1 aromatic carbocycles. The lowest BCUT2D eigenvalue weighted by Gasteiger charge is -2.29. The number of benzene rings is 1. The Bertz CT molecular complexity index is 1520. The number of piperazine rings is 1. The van der Waals surface area contributed by atoms with Gasteiger partial charge in [-0.25, -0.2) is 9.79 Å². The van der Waals surface area contributed by atoms with Crippen molar-refractivity contribution < 1.29 is 23.6 Å². The maximum Gasteiger partial charge on any atom is 0.338 e. The number of nitrogens with zero attached hydrogens (tertiary/aromatic N) is 3. The van der Waals surface area contributed by atoms with Gasteiger partial charge >= 0.3 is 5.97 Å². The Morgan fingerprint density at radius 1 is 1.27 bits per heavy atom. The van der Waals surface area contributed by atoms with Crippen LogP contribution < -0.4 is 29.4 Å². The van der Waals surface area contributed by atoms with E-state index in [4.69, 9.17) is 13.9 Å². The molecule has 3 aromatic rings. The number of rotatable bonds is 6.